The Balaban J connectivity index is 1.49. The molecule has 10 heteroatoms. The van der Waals surface area contributed by atoms with E-state index in [4.69, 9.17) is 21.1 Å². The van der Waals surface area contributed by atoms with Crippen molar-refractivity contribution < 1.29 is 18.7 Å². The Morgan fingerprint density at radius 1 is 1.13 bits per heavy atom. The Bertz CT molecular complexity index is 1580. The van der Waals surface area contributed by atoms with Crippen molar-refractivity contribution in [2.75, 3.05) is 17.7 Å². The van der Waals surface area contributed by atoms with Crippen molar-refractivity contribution in [2.45, 2.75) is 33.4 Å². The van der Waals surface area contributed by atoms with Gasteiger partial charge in [0, 0.05) is 16.9 Å². The summed E-state index contributed by atoms with van der Waals surface area (Å²) in [5, 5.41) is 10.9. The van der Waals surface area contributed by atoms with Crippen LogP contribution in [0.4, 0.5) is 16.0 Å². The molecule has 8 nitrogen and oxygen atoms in total. The normalized spacial score (nSPS) is 14.5. The van der Waals surface area contributed by atoms with Crippen LogP contribution < -0.4 is 20.1 Å². The van der Waals surface area contributed by atoms with Gasteiger partial charge in [0.2, 0.25) is 5.95 Å². The number of nitrogens with zero attached hydrogens (tertiary/aromatic N) is 3. The summed E-state index contributed by atoms with van der Waals surface area (Å²) in [5.41, 5.74) is 4.89. The molecule has 0 bridgehead atoms. The Morgan fingerprint density at radius 2 is 1.95 bits per heavy atom. The van der Waals surface area contributed by atoms with Crippen LogP contribution in [-0.4, -0.2) is 27.8 Å². The molecule has 3 aromatic carbocycles. The zero-order chi connectivity index (χ0) is 27.7. The Labute approximate surface area is 230 Å². The minimum atomic E-state index is -0.599. The molecule has 5 rings (SSSR count). The molecule has 4 aromatic rings. The molecule has 0 saturated carbocycles. The van der Waals surface area contributed by atoms with Gasteiger partial charge < -0.3 is 20.1 Å². The lowest BCUT2D eigenvalue weighted by molar-refractivity contribution is -0.113. The molecule has 0 radical (unpaired) electrons. The number of ether oxygens (including phenoxy) is 2. The molecule has 1 unspecified atom stereocenters. The van der Waals surface area contributed by atoms with E-state index >= 15 is 0 Å². The number of halogens is 2. The van der Waals surface area contributed by atoms with Crippen LogP contribution in [0.1, 0.15) is 35.2 Å². The van der Waals surface area contributed by atoms with E-state index in [0.717, 1.165) is 22.4 Å². The van der Waals surface area contributed by atoms with Gasteiger partial charge in [-0.05, 0) is 62.2 Å². The second kappa shape index (κ2) is 10.8. The summed E-state index contributed by atoms with van der Waals surface area (Å²) in [6.07, 6.45) is 1.43. The molecular weight excluding hydrogens is 521 g/mol. The molecule has 0 spiro atoms. The highest BCUT2D eigenvalue weighted by Crippen LogP contribution is 2.39. The third kappa shape index (κ3) is 5.18. The van der Waals surface area contributed by atoms with E-state index in [-0.39, 0.29) is 23.1 Å². The van der Waals surface area contributed by atoms with Crippen LogP contribution in [0, 0.1) is 19.7 Å². The number of aryl methyl sites for hydroxylation is 2. The number of fused-ring (bicyclic) bond motifs is 1. The van der Waals surface area contributed by atoms with Gasteiger partial charge in [0.15, 0.2) is 11.5 Å². The van der Waals surface area contributed by atoms with Gasteiger partial charge in [-0.1, -0.05) is 41.4 Å². The predicted octanol–water partition coefficient (Wildman–Crippen LogP) is 6.20. The fourth-order valence-corrected chi connectivity index (χ4v) is 4.85. The van der Waals surface area contributed by atoms with Crippen molar-refractivity contribution in [3.8, 4) is 11.5 Å². The number of rotatable bonds is 7. The van der Waals surface area contributed by atoms with Crippen LogP contribution in [0.15, 0.2) is 72.2 Å². The highest BCUT2D eigenvalue weighted by Gasteiger charge is 2.34. The van der Waals surface area contributed by atoms with Crippen molar-refractivity contribution in [2.24, 2.45) is 0 Å². The largest absolute Gasteiger partial charge is 0.493 e. The fourth-order valence-electron chi connectivity index (χ4n) is 4.63. The van der Waals surface area contributed by atoms with Gasteiger partial charge in [0.25, 0.3) is 5.91 Å². The van der Waals surface area contributed by atoms with Crippen molar-refractivity contribution in [1.82, 2.24) is 14.8 Å². The highest BCUT2D eigenvalue weighted by atomic mass is 35.5. The summed E-state index contributed by atoms with van der Waals surface area (Å²) in [6, 6.07) is 15.0. The number of aromatic nitrogens is 3. The number of carbonyl (C=O) groups excluding carboxylic acids is 1. The smallest absolute Gasteiger partial charge is 0.255 e. The quantitative estimate of drug-likeness (QED) is 0.286. The van der Waals surface area contributed by atoms with Gasteiger partial charge >= 0.3 is 0 Å². The van der Waals surface area contributed by atoms with Crippen molar-refractivity contribution in [3.63, 3.8) is 0 Å². The zero-order valence-electron chi connectivity index (χ0n) is 21.9. The average Bonchev–Trinajstić information content (AvgIpc) is 3.37. The second-order valence-electron chi connectivity index (χ2n) is 9.27. The molecule has 1 aromatic heterocycles. The molecular formula is C29H27ClFN5O3. The summed E-state index contributed by atoms with van der Waals surface area (Å²) in [4.78, 5) is 18.0. The number of carbonyl (C=O) groups is 1. The maximum Gasteiger partial charge on any atom is 0.255 e. The Hall–Kier alpha value is -4.37. The van der Waals surface area contributed by atoms with Crippen LogP contribution in [0.2, 0.25) is 5.02 Å². The molecule has 0 aliphatic carbocycles. The number of amides is 1. The van der Waals surface area contributed by atoms with Crippen molar-refractivity contribution >= 4 is 29.1 Å². The lowest BCUT2D eigenvalue weighted by Crippen LogP contribution is -2.31. The Kier molecular flexibility index (Phi) is 7.26. The molecule has 39 heavy (non-hydrogen) atoms. The van der Waals surface area contributed by atoms with Crippen molar-refractivity contribution in [3.05, 3.63) is 105 Å². The van der Waals surface area contributed by atoms with E-state index < -0.39 is 11.9 Å². The number of anilines is 2. The van der Waals surface area contributed by atoms with E-state index in [1.54, 1.807) is 22.9 Å². The summed E-state index contributed by atoms with van der Waals surface area (Å²) in [7, 11) is 1.51. The van der Waals surface area contributed by atoms with E-state index in [0.29, 0.717) is 28.7 Å². The first-order chi connectivity index (χ1) is 18.8. The molecule has 0 saturated heterocycles. The van der Waals surface area contributed by atoms with Gasteiger partial charge in [-0.25, -0.2) is 9.07 Å². The first kappa shape index (κ1) is 26.2. The van der Waals surface area contributed by atoms with E-state index in [1.165, 1.54) is 25.6 Å². The number of methoxy groups -OCH3 is 1. The highest BCUT2D eigenvalue weighted by molar-refractivity contribution is 6.31. The Morgan fingerprint density at radius 3 is 2.69 bits per heavy atom. The van der Waals surface area contributed by atoms with Gasteiger partial charge in [0.1, 0.15) is 24.8 Å². The monoisotopic (exact) mass is 547 g/mol. The van der Waals surface area contributed by atoms with Crippen LogP contribution >= 0.6 is 11.6 Å². The number of hydrogen-bond donors (Lipinski definition) is 2. The summed E-state index contributed by atoms with van der Waals surface area (Å²) >= 11 is 6.15. The van der Waals surface area contributed by atoms with Crippen molar-refractivity contribution in [1.29, 1.82) is 0 Å². The SMILES string of the molecule is COc1cc(C2C(C(=O)Nc3ccc(C)cc3C)=C(C)Nc3ncnn32)ccc1OCc1c(F)cccc1Cl. The molecule has 1 aliphatic rings. The summed E-state index contributed by atoms with van der Waals surface area (Å²) in [5.74, 6) is 0.592. The maximum atomic E-state index is 14.2. The molecule has 0 fully saturated rings. The van der Waals surface area contributed by atoms with E-state index in [2.05, 4.69) is 20.7 Å². The molecule has 200 valence electrons. The van der Waals surface area contributed by atoms with Crippen LogP contribution in [0.5, 0.6) is 11.5 Å². The third-order valence-electron chi connectivity index (χ3n) is 6.61. The third-order valence-corrected chi connectivity index (χ3v) is 6.96. The second-order valence-corrected chi connectivity index (χ2v) is 9.67. The lowest BCUT2D eigenvalue weighted by Gasteiger charge is -2.29. The molecule has 1 atom stereocenters. The van der Waals surface area contributed by atoms with E-state index in [9.17, 15) is 9.18 Å². The molecule has 2 heterocycles. The molecule has 1 amide bonds. The summed E-state index contributed by atoms with van der Waals surface area (Å²) < 4.78 is 27.4. The maximum absolute atomic E-state index is 14.2. The van der Waals surface area contributed by atoms with Gasteiger partial charge in [-0.2, -0.15) is 10.1 Å². The number of benzene rings is 3. The van der Waals surface area contributed by atoms with Crippen LogP contribution in [-0.2, 0) is 11.4 Å². The lowest BCUT2D eigenvalue weighted by atomic mass is 9.94. The first-order valence-electron chi connectivity index (χ1n) is 12.3. The number of hydrogen-bond acceptors (Lipinski definition) is 6. The summed E-state index contributed by atoms with van der Waals surface area (Å²) in [6.45, 7) is 5.71. The van der Waals surface area contributed by atoms with Gasteiger partial charge in [0.05, 0.1) is 17.7 Å². The molecule has 2 N–H and O–H groups in total. The van der Waals surface area contributed by atoms with Gasteiger partial charge in [-0.3, -0.25) is 4.79 Å². The minimum absolute atomic E-state index is 0.0790. The predicted molar refractivity (Wildman–Crippen MR) is 148 cm³/mol. The van der Waals surface area contributed by atoms with Crippen LogP contribution in [0.25, 0.3) is 0 Å². The zero-order valence-corrected chi connectivity index (χ0v) is 22.6. The van der Waals surface area contributed by atoms with Gasteiger partial charge in [-0.15, -0.1) is 0 Å². The van der Waals surface area contributed by atoms with Crippen LogP contribution in [0.3, 0.4) is 0 Å². The first-order valence-corrected chi connectivity index (χ1v) is 12.6. The fraction of sp³-hybridized carbons (Fsp3) is 0.207. The average molecular weight is 548 g/mol. The molecule has 1 aliphatic heterocycles. The topological polar surface area (TPSA) is 90.3 Å². The number of nitrogens with one attached hydrogen (secondary N) is 2. The standard InChI is InChI=1S/C29H27ClFN5O3/c1-16-8-10-23(17(2)12-16)35-28(37)26-18(3)34-29-32-15-33-36(29)27(26)19-9-11-24(25(13-19)38-4)39-14-20-21(30)6-5-7-22(20)31/h5-13,15,27H,14H2,1-4H3,(H,35,37)(H,32,33,34). The number of allylic oxidation sites excluding steroid dienone is 1. The minimum Gasteiger partial charge on any atom is -0.493 e. The van der Waals surface area contributed by atoms with E-state index in [1.807, 2.05) is 45.0 Å².